The molecule has 2 amide bonds. The lowest BCUT2D eigenvalue weighted by Gasteiger charge is -2.40. The Morgan fingerprint density at radius 3 is 2.59 bits per heavy atom. The monoisotopic (exact) mass is 637 g/mol. The third-order valence-electron chi connectivity index (χ3n) is 7.57. The average molecular weight is 638 g/mol. The van der Waals surface area contributed by atoms with E-state index >= 15 is 8.78 Å². The van der Waals surface area contributed by atoms with Crippen molar-refractivity contribution < 1.29 is 36.6 Å². The number of rotatable bonds is 10. The van der Waals surface area contributed by atoms with Crippen LogP contribution in [0.25, 0.3) is 0 Å². The van der Waals surface area contributed by atoms with Crippen LogP contribution >= 0.6 is 0 Å². The summed E-state index contributed by atoms with van der Waals surface area (Å²) in [5.41, 5.74) is 1.54. The van der Waals surface area contributed by atoms with E-state index in [0.29, 0.717) is 17.3 Å². The van der Waals surface area contributed by atoms with Crippen LogP contribution in [0.3, 0.4) is 0 Å². The van der Waals surface area contributed by atoms with Crippen LogP contribution in [0.15, 0.2) is 85.2 Å². The van der Waals surface area contributed by atoms with E-state index in [1.807, 2.05) is 30.3 Å². The van der Waals surface area contributed by atoms with E-state index in [9.17, 15) is 18.4 Å². The van der Waals surface area contributed by atoms with E-state index in [-0.39, 0.29) is 43.6 Å². The maximum Gasteiger partial charge on any atom is 0.407 e. The second kappa shape index (κ2) is 14.4. The molecule has 0 radical (unpaired) electrons. The molecule has 9 nitrogen and oxygen atoms in total. The molecule has 0 aliphatic carbocycles. The zero-order chi connectivity index (χ0) is 32.7. The van der Waals surface area contributed by atoms with Gasteiger partial charge in [-0.25, -0.2) is 27.3 Å². The summed E-state index contributed by atoms with van der Waals surface area (Å²) in [6.07, 6.45) is 1.56. The fourth-order valence-corrected chi connectivity index (χ4v) is 4.97. The first kappa shape index (κ1) is 32.4. The quantitative estimate of drug-likeness (QED) is 0.193. The van der Waals surface area contributed by atoms with Crippen molar-refractivity contribution in [2.45, 2.75) is 44.4 Å². The third kappa shape index (κ3) is 8.36. The van der Waals surface area contributed by atoms with Crippen molar-refractivity contribution in [1.29, 1.82) is 0 Å². The van der Waals surface area contributed by atoms with Crippen LogP contribution in [0, 0.1) is 11.6 Å². The lowest BCUT2D eigenvalue weighted by atomic mass is 9.86. The molecule has 2 aromatic carbocycles. The molecule has 2 atom stereocenters. The van der Waals surface area contributed by atoms with Gasteiger partial charge < -0.3 is 20.1 Å². The molecular formula is C33H31F4N5O4. The molecule has 3 heterocycles. The minimum Gasteiger partial charge on any atom is -0.453 e. The van der Waals surface area contributed by atoms with E-state index < -0.39 is 47.9 Å². The Kier molecular flexibility index (Phi) is 10.1. The number of likely N-dealkylation sites (tertiary alicyclic amines) is 1. The number of ether oxygens (including phenoxy) is 2. The fraction of sp³-hybridized carbons (Fsp3) is 0.273. The normalized spacial score (nSPS) is 16.7. The molecule has 0 spiro atoms. The number of amides is 2. The SMILES string of the molecule is CC(C(=O)Nc1ccc(Oc2ccc(F)cc2F)cn1)N1CCC(F)(F)C(c2ccnc(CNC(=O)OCc3ccccc3)c2)C1. The van der Waals surface area contributed by atoms with Gasteiger partial charge in [-0.1, -0.05) is 30.3 Å². The van der Waals surface area contributed by atoms with E-state index in [1.54, 1.807) is 11.8 Å². The minimum atomic E-state index is -3.03. The Balaban J connectivity index is 1.16. The number of anilines is 1. The lowest BCUT2D eigenvalue weighted by Crippen LogP contribution is -2.52. The number of hydrogen-bond acceptors (Lipinski definition) is 7. The van der Waals surface area contributed by atoms with Crippen LogP contribution in [0.2, 0.25) is 0 Å². The number of halogens is 4. The van der Waals surface area contributed by atoms with Gasteiger partial charge in [0.1, 0.15) is 24.0 Å². The highest BCUT2D eigenvalue weighted by atomic mass is 19.3. The first-order chi connectivity index (χ1) is 22.1. The van der Waals surface area contributed by atoms with Gasteiger partial charge in [0.15, 0.2) is 11.6 Å². The number of nitrogens with zero attached hydrogens (tertiary/aromatic N) is 3. The summed E-state index contributed by atoms with van der Waals surface area (Å²) in [6, 6.07) is 17.2. The summed E-state index contributed by atoms with van der Waals surface area (Å²) >= 11 is 0. The molecule has 1 aliphatic rings. The molecule has 0 saturated carbocycles. The fourth-order valence-electron chi connectivity index (χ4n) is 4.97. The van der Waals surface area contributed by atoms with E-state index in [4.69, 9.17) is 9.47 Å². The molecule has 240 valence electrons. The molecular weight excluding hydrogens is 606 g/mol. The number of hydrogen-bond donors (Lipinski definition) is 2. The molecule has 46 heavy (non-hydrogen) atoms. The molecule has 13 heteroatoms. The molecule has 1 fully saturated rings. The number of nitrogens with one attached hydrogen (secondary N) is 2. The number of pyridine rings is 2. The molecule has 5 rings (SSSR count). The van der Waals surface area contributed by atoms with Crippen LogP contribution in [0.4, 0.5) is 28.2 Å². The highest BCUT2D eigenvalue weighted by Crippen LogP contribution is 2.41. The van der Waals surface area contributed by atoms with Gasteiger partial charge in [-0.2, -0.15) is 0 Å². The van der Waals surface area contributed by atoms with Gasteiger partial charge in [0, 0.05) is 31.8 Å². The van der Waals surface area contributed by atoms with Crippen molar-refractivity contribution in [2.75, 3.05) is 18.4 Å². The molecule has 2 N–H and O–H groups in total. The number of benzene rings is 2. The number of carbonyl (C=O) groups excluding carboxylic acids is 2. The molecule has 0 bridgehead atoms. The van der Waals surface area contributed by atoms with Crippen molar-refractivity contribution >= 4 is 17.8 Å². The summed E-state index contributed by atoms with van der Waals surface area (Å²) in [5, 5.41) is 5.25. The topological polar surface area (TPSA) is 106 Å². The van der Waals surface area contributed by atoms with Crippen molar-refractivity contribution in [3.63, 3.8) is 0 Å². The van der Waals surface area contributed by atoms with Crippen molar-refractivity contribution in [3.05, 3.63) is 114 Å². The highest BCUT2D eigenvalue weighted by molar-refractivity contribution is 5.93. The van der Waals surface area contributed by atoms with Crippen molar-refractivity contribution in [1.82, 2.24) is 20.2 Å². The van der Waals surface area contributed by atoms with Gasteiger partial charge >= 0.3 is 6.09 Å². The van der Waals surface area contributed by atoms with Gasteiger partial charge in [-0.05, 0) is 54.4 Å². The standard InChI is InChI=1S/C33H31F4N5O4/c1-21(31(43)41-30-10-8-26(18-39-30)46-29-9-7-24(34)16-28(29)35)42-14-12-33(36,37)27(19-42)23-11-13-38-25(15-23)17-40-32(44)45-20-22-5-3-2-4-6-22/h2-11,13,15-16,18,21,27H,12,14,17,19-20H2,1H3,(H,40,44)(H,39,41,43). The minimum absolute atomic E-state index is 0.00568. The van der Waals surface area contributed by atoms with Gasteiger partial charge in [-0.15, -0.1) is 0 Å². The zero-order valence-corrected chi connectivity index (χ0v) is 24.8. The summed E-state index contributed by atoms with van der Waals surface area (Å²) < 4.78 is 67.9. The maximum atomic E-state index is 15.2. The van der Waals surface area contributed by atoms with Crippen LogP contribution in [-0.2, 0) is 22.7 Å². The number of piperidine rings is 1. The smallest absolute Gasteiger partial charge is 0.407 e. The molecule has 1 saturated heterocycles. The largest absolute Gasteiger partial charge is 0.453 e. The molecule has 4 aromatic rings. The van der Waals surface area contributed by atoms with Crippen LogP contribution in [0.5, 0.6) is 11.5 Å². The zero-order valence-electron chi connectivity index (χ0n) is 24.8. The predicted molar refractivity (Wildman–Crippen MR) is 160 cm³/mol. The van der Waals surface area contributed by atoms with Gasteiger partial charge in [0.2, 0.25) is 5.91 Å². The number of carbonyl (C=O) groups is 2. The number of aromatic nitrogens is 2. The Bertz CT molecular complexity index is 1660. The summed E-state index contributed by atoms with van der Waals surface area (Å²) in [6.45, 7) is 1.59. The first-order valence-electron chi connectivity index (χ1n) is 14.5. The Labute approximate surface area is 262 Å². The number of alkyl carbamates (subject to hydrolysis) is 1. The van der Waals surface area contributed by atoms with Gasteiger partial charge in [0.05, 0.1) is 30.4 Å². The molecule has 2 unspecified atom stereocenters. The first-order valence-corrected chi connectivity index (χ1v) is 14.5. The maximum absolute atomic E-state index is 15.2. The van der Waals surface area contributed by atoms with Gasteiger partial charge in [-0.3, -0.25) is 14.7 Å². The Morgan fingerprint density at radius 1 is 1.04 bits per heavy atom. The second-order valence-electron chi connectivity index (χ2n) is 10.8. The highest BCUT2D eigenvalue weighted by Gasteiger charge is 2.46. The predicted octanol–water partition coefficient (Wildman–Crippen LogP) is 6.43. The summed E-state index contributed by atoms with van der Waals surface area (Å²) in [4.78, 5) is 35.2. The second-order valence-corrected chi connectivity index (χ2v) is 10.8. The molecule has 2 aromatic heterocycles. The van der Waals surface area contributed by atoms with Crippen molar-refractivity contribution in [2.24, 2.45) is 0 Å². The Hall–Kier alpha value is -5.04. The van der Waals surface area contributed by atoms with E-state index in [2.05, 4.69) is 20.6 Å². The summed E-state index contributed by atoms with van der Waals surface area (Å²) in [5.74, 6) is -6.18. The average Bonchev–Trinajstić information content (AvgIpc) is 3.05. The summed E-state index contributed by atoms with van der Waals surface area (Å²) in [7, 11) is 0. The van der Waals surface area contributed by atoms with Crippen molar-refractivity contribution in [3.8, 4) is 11.5 Å². The van der Waals surface area contributed by atoms with Crippen LogP contribution in [0.1, 0.15) is 36.1 Å². The molecule has 1 aliphatic heterocycles. The number of alkyl halides is 2. The lowest BCUT2D eigenvalue weighted by molar-refractivity contribution is -0.125. The van der Waals surface area contributed by atoms with Crippen LogP contribution in [-0.4, -0.2) is 51.9 Å². The third-order valence-corrected chi connectivity index (χ3v) is 7.57. The van der Waals surface area contributed by atoms with E-state index in [0.717, 1.165) is 17.7 Å². The van der Waals surface area contributed by atoms with E-state index in [1.165, 1.54) is 36.7 Å². The Morgan fingerprint density at radius 2 is 1.85 bits per heavy atom. The van der Waals surface area contributed by atoms with Gasteiger partial charge in [0.25, 0.3) is 5.92 Å². The van der Waals surface area contributed by atoms with Crippen LogP contribution < -0.4 is 15.4 Å².